The zero-order valence-electron chi connectivity index (χ0n) is 13.5. The van der Waals surface area contributed by atoms with Crippen LogP contribution in [-0.4, -0.2) is 57.8 Å². The van der Waals surface area contributed by atoms with Crippen molar-refractivity contribution in [2.45, 2.75) is 32.6 Å². The van der Waals surface area contributed by atoms with Crippen LogP contribution in [-0.2, 0) is 4.79 Å². The molecule has 6 nitrogen and oxygen atoms in total. The van der Waals surface area contributed by atoms with Crippen molar-refractivity contribution in [2.75, 3.05) is 26.2 Å². The third kappa shape index (κ3) is 2.50. The number of amides is 2. The maximum Gasteiger partial charge on any atom is 0.274 e. The molecule has 4 rings (SSSR count). The SMILES string of the molecule is Cc1cnc(C(=O)N2CCC3(CC3C(=O)N3CCCC3)C2)cn1. The van der Waals surface area contributed by atoms with Gasteiger partial charge in [-0.05, 0) is 32.6 Å². The first-order valence-electron chi connectivity index (χ1n) is 8.46. The van der Waals surface area contributed by atoms with E-state index in [1.54, 1.807) is 12.4 Å². The summed E-state index contributed by atoms with van der Waals surface area (Å²) in [5.41, 5.74) is 1.24. The van der Waals surface area contributed by atoms with Gasteiger partial charge < -0.3 is 9.80 Å². The zero-order valence-corrected chi connectivity index (χ0v) is 13.5. The number of aromatic nitrogens is 2. The quantitative estimate of drug-likeness (QED) is 0.824. The molecule has 6 heteroatoms. The number of rotatable bonds is 2. The highest BCUT2D eigenvalue weighted by Crippen LogP contribution is 2.59. The highest BCUT2D eigenvalue weighted by molar-refractivity contribution is 5.92. The standard InChI is InChI=1S/C17H22N4O2/c1-12-9-19-14(10-18-12)16(23)21-7-4-17(11-21)8-13(17)15(22)20-5-2-3-6-20/h9-10,13H,2-8,11H2,1H3. The largest absolute Gasteiger partial charge is 0.342 e. The molecule has 3 aliphatic rings. The molecule has 2 unspecified atom stereocenters. The van der Waals surface area contributed by atoms with Crippen LogP contribution in [0.4, 0.5) is 0 Å². The highest BCUT2D eigenvalue weighted by Gasteiger charge is 2.62. The Balaban J connectivity index is 1.41. The van der Waals surface area contributed by atoms with Crippen LogP contribution < -0.4 is 0 Å². The lowest BCUT2D eigenvalue weighted by molar-refractivity contribution is -0.132. The van der Waals surface area contributed by atoms with E-state index in [1.807, 2.05) is 16.7 Å². The average Bonchev–Trinajstić information content (AvgIpc) is 2.94. The van der Waals surface area contributed by atoms with E-state index in [0.29, 0.717) is 18.1 Å². The number of hydrogen-bond acceptors (Lipinski definition) is 4. The van der Waals surface area contributed by atoms with E-state index >= 15 is 0 Å². The number of carbonyl (C=O) groups is 2. The molecule has 1 aliphatic carbocycles. The fourth-order valence-corrected chi connectivity index (χ4v) is 4.04. The summed E-state index contributed by atoms with van der Waals surface area (Å²) < 4.78 is 0. The molecule has 0 bridgehead atoms. The fourth-order valence-electron chi connectivity index (χ4n) is 4.04. The minimum Gasteiger partial charge on any atom is -0.342 e. The van der Waals surface area contributed by atoms with Crippen molar-refractivity contribution in [2.24, 2.45) is 11.3 Å². The normalized spacial score (nSPS) is 29.3. The number of hydrogen-bond donors (Lipinski definition) is 0. The summed E-state index contributed by atoms with van der Waals surface area (Å²) in [6.07, 6.45) is 7.29. The van der Waals surface area contributed by atoms with Crippen molar-refractivity contribution < 1.29 is 9.59 Å². The van der Waals surface area contributed by atoms with Crippen LogP contribution in [0.15, 0.2) is 12.4 Å². The molecular formula is C17H22N4O2. The average molecular weight is 314 g/mol. The van der Waals surface area contributed by atoms with E-state index in [9.17, 15) is 9.59 Å². The Morgan fingerprint density at radius 3 is 2.61 bits per heavy atom. The second-order valence-electron chi connectivity index (χ2n) is 7.17. The molecule has 0 N–H and O–H groups in total. The van der Waals surface area contributed by atoms with E-state index in [4.69, 9.17) is 0 Å². The van der Waals surface area contributed by atoms with Crippen molar-refractivity contribution in [3.05, 3.63) is 23.8 Å². The Labute approximate surface area is 135 Å². The summed E-state index contributed by atoms with van der Waals surface area (Å²) in [6, 6.07) is 0. The summed E-state index contributed by atoms with van der Waals surface area (Å²) >= 11 is 0. The van der Waals surface area contributed by atoms with Crippen molar-refractivity contribution >= 4 is 11.8 Å². The van der Waals surface area contributed by atoms with Crippen LogP contribution in [0.1, 0.15) is 41.9 Å². The zero-order chi connectivity index (χ0) is 16.0. The van der Waals surface area contributed by atoms with Gasteiger partial charge >= 0.3 is 0 Å². The van der Waals surface area contributed by atoms with Crippen LogP contribution in [0.3, 0.4) is 0 Å². The maximum atomic E-state index is 12.6. The van der Waals surface area contributed by atoms with Crippen molar-refractivity contribution in [1.29, 1.82) is 0 Å². The van der Waals surface area contributed by atoms with Crippen molar-refractivity contribution in [3.63, 3.8) is 0 Å². The molecule has 2 atom stereocenters. The van der Waals surface area contributed by atoms with E-state index < -0.39 is 0 Å². The van der Waals surface area contributed by atoms with E-state index in [-0.39, 0.29) is 17.2 Å². The van der Waals surface area contributed by atoms with Gasteiger partial charge in [0.25, 0.3) is 5.91 Å². The van der Waals surface area contributed by atoms with E-state index in [2.05, 4.69) is 9.97 Å². The summed E-state index contributed by atoms with van der Waals surface area (Å²) in [6.45, 7) is 5.08. The van der Waals surface area contributed by atoms with Gasteiger partial charge in [0.2, 0.25) is 5.91 Å². The molecule has 122 valence electrons. The molecule has 2 aliphatic heterocycles. The highest BCUT2D eigenvalue weighted by atomic mass is 16.2. The molecule has 3 fully saturated rings. The predicted molar refractivity (Wildman–Crippen MR) is 83.6 cm³/mol. The van der Waals surface area contributed by atoms with Crippen LogP contribution >= 0.6 is 0 Å². The molecule has 0 radical (unpaired) electrons. The van der Waals surface area contributed by atoms with E-state index in [0.717, 1.165) is 51.0 Å². The fraction of sp³-hybridized carbons (Fsp3) is 0.647. The maximum absolute atomic E-state index is 12.6. The van der Waals surface area contributed by atoms with Crippen LogP contribution in [0.5, 0.6) is 0 Å². The van der Waals surface area contributed by atoms with Crippen LogP contribution in [0, 0.1) is 18.3 Å². The van der Waals surface area contributed by atoms with Gasteiger partial charge in [0.05, 0.1) is 11.9 Å². The third-order valence-corrected chi connectivity index (χ3v) is 5.58. The minimum absolute atomic E-state index is 0.0352. The second-order valence-corrected chi connectivity index (χ2v) is 7.17. The van der Waals surface area contributed by atoms with Crippen molar-refractivity contribution in [3.8, 4) is 0 Å². The molecule has 2 saturated heterocycles. The lowest BCUT2D eigenvalue weighted by Gasteiger charge is -2.18. The Kier molecular flexibility index (Phi) is 3.36. The van der Waals surface area contributed by atoms with Crippen LogP contribution in [0.25, 0.3) is 0 Å². The lowest BCUT2D eigenvalue weighted by Crippen LogP contribution is -2.33. The molecule has 1 saturated carbocycles. The smallest absolute Gasteiger partial charge is 0.274 e. The van der Waals surface area contributed by atoms with Crippen molar-refractivity contribution in [1.82, 2.24) is 19.8 Å². The Bertz CT molecular complexity index is 638. The summed E-state index contributed by atoms with van der Waals surface area (Å²) in [5.74, 6) is 0.378. The predicted octanol–water partition coefficient (Wildman–Crippen LogP) is 1.26. The minimum atomic E-state index is -0.0614. The van der Waals surface area contributed by atoms with Gasteiger partial charge in [-0.3, -0.25) is 14.6 Å². The molecule has 1 spiro atoms. The number of carbonyl (C=O) groups excluding carboxylic acids is 2. The third-order valence-electron chi connectivity index (χ3n) is 5.58. The first-order valence-corrected chi connectivity index (χ1v) is 8.46. The second kappa shape index (κ2) is 5.28. The van der Waals surface area contributed by atoms with Gasteiger partial charge in [0, 0.05) is 43.7 Å². The van der Waals surface area contributed by atoms with Gasteiger partial charge in [-0.15, -0.1) is 0 Å². The molecular weight excluding hydrogens is 292 g/mol. The molecule has 1 aromatic rings. The lowest BCUT2D eigenvalue weighted by atomic mass is 10.0. The van der Waals surface area contributed by atoms with Gasteiger partial charge in [-0.2, -0.15) is 0 Å². The number of aryl methyl sites for hydroxylation is 1. The van der Waals surface area contributed by atoms with Gasteiger partial charge in [-0.25, -0.2) is 4.98 Å². The van der Waals surface area contributed by atoms with Gasteiger partial charge in [-0.1, -0.05) is 0 Å². The summed E-state index contributed by atoms with van der Waals surface area (Å²) in [7, 11) is 0. The van der Waals surface area contributed by atoms with Crippen LogP contribution in [0.2, 0.25) is 0 Å². The molecule has 3 heterocycles. The monoisotopic (exact) mass is 314 g/mol. The Morgan fingerprint density at radius 1 is 1.13 bits per heavy atom. The van der Waals surface area contributed by atoms with Gasteiger partial charge in [0.15, 0.2) is 0 Å². The van der Waals surface area contributed by atoms with E-state index in [1.165, 1.54) is 0 Å². The topological polar surface area (TPSA) is 66.4 Å². The molecule has 2 amide bonds. The first kappa shape index (κ1) is 14.6. The Hall–Kier alpha value is -1.98. The molecule has 23 heavy (non-hydrogen) atoms. The first-order chi connectivity index (χ1) is 11.1. The number of nitrogens with zero attached hydrogens (tertiary/aromatic N) is 4. The number of likely N-dealkylation sites (tertiary alicyclic amines) is 2. The summed E-state index contributed by atoms with van der Waals surface area (Å²) in [4.78, 5) is 37.3. The molecule has 1 aromatic heterocycles. The molecule has 0 aromatic carbocycles. The summed E-state index contributed by atoms with van der Waals surface area (Å²) in [5, 5.41) is 0. The Morgan fingerprint density at radius 2 is 1.91 bits per heavy atom. The van der Waals surface area contributed by atoms with Gasteiger partial charge in [0.1, 0.15) is 5.69 Å².